The maximum absolute atomic E-state index is 6.23. The molecule has 2 fully saturated rings. The molecule has 3 atom stereocenters. The van der Waals surface area contributed by atoms with E-state index >= 15 is 0 Å². The van der Waals surface area contributed by atoms with Crippen LogP contribution in [0.1, 0.15) is 47.8 Å². The number of hydrazine groups is 1. The number of hydrogen-bond donors (Lipinski definition) is 2. The van der Waals surface area contributed by atoms with Crippen LogP contribution >= 0.6 is 23.2 Å². The molecule has 2 aliphatic rings. The summed E-state index contributed by atoms with van der Waals surface area (Å²) < 4.78 is 5.70. The first-order valence-electron chi connectivity index (χ1n) is 9.63. The van der Waals surface area contributed by atoms with E-state index in [1.165, 1.54) is 30.4 Å². The molecule has 27 heavy (non-hydrogen) atoms. The van der Waals surface area contributed by atoms with Crippen LogP contribution in [0.4, 0.5) is 0 Å². The highest BCUT2D eigenvalue weighted by atomic mass is 35.5. The van der Waals surface area contributed by atoms with Crippen LogP contribution in [0.2, 0.25) is 10.0 Å². The highest BCUT2D eigenvalue weighted by molar-refractivity contribution is 6.42. The van der Waals surface area contributed by atoms with E-state index in [4.69, 9.17) is 27.7 Å². The average Bonchev–Trinajstić information content (AvgIpc) is 3.26. The zero-order valence-corrected chi connectivity index (χ0v) is 17.3. The highest BCUT2D eigenvalue weighted by Crippen LogP contribution is 2.34. The first-order chi connectivity index (χ1) is 13.0. The van der Waals surface area contributed by atoms with Gasteiger partial charge in [0, 0.05) is 30.7 Å². The number of aryl methyl sites for hydroxylation is 1. The van der Waals surface area contributed by atoms with E-state index in [1.54, 1.807) is 0 Å². The summed E-state index contributed by atoms with van der Waals surface area (Å²) in [5, 5.41) is 5.40. The number of halogens is 2. The molecule has 0 radical (unpaired) electrons. The Balaban J connectivity index is 1.56. The van der Waals surface area contributed by atoms with Gasteiger partial charge in [0.05, 0.1) is 21.7 Å². The largest absolute Gasteiger partial charge is 0.360 e. The van der Waals surface area contributed by atoms with Gasteiger partial charge in [0.1, 0.15) is 5.76 Å². The molecule has 2 saturated heterocycles. The van der Waals surface area contributed by atoms with Crippen molar-refractivity contribution in [1.82, 2.24) is 20.9 Å². The van der Waals surface area contributed by atoms with Crippen LogP contribution < -0.4 is 10.9 Å². The molecular weight excluding hydrogens is 383 g/mol. The number of rotatable bonds is 4. The predicted octanol–water partition coefficient (Wildman–Crippen LogP) is 4.21. The third-order valence-corrected chi connectivity index (χ3v) is 6.74. The van der Waals surface area contributed by atoms with Gasteiger partial charge in [0.2, 0.25) is 0 Å². The number of aromatic nitrogens is 1. The molecule has 0 amide bonds. The molecule has 7 heteroatoms. The molecule has 146 valence electrons. The van der Waals surface area contributed by atoms with E-state index < -0.39 is 0 Å². The molecule has 3 unspecified atom stereocenters. The molecule has 1 aromatic carbocycles. The average molecular weight is 409 g/mol. The summed E-state index contributed by atoms with van der Waals surface area (Å²) in [5.74, 6) is 1.29. The van der Waals surface area contributed by atoms with Crippen LogP contribution in [0.25, 0.3) is 0 Å². The molecular formula is C20H26Cl2N4O. The number of nitrogens with one attached hydrogen (secondary N) is 2. The fraction of sp³-hybridized carbons (Fsp3) is 0.550. The zero-order chi connectivity index (χ0) is 19.0. The van der Waals surface area contributed by atoms with Gasteiger partial charge in [-0.25, -0.2) is 0 Å². The zero-order valence-electron chi connectivity index (χ0n) is 15.8. The van der Waals surface area contributed by atoms with E-state index in [0.29, 0.717) is 22.1 Å². The van der Waals surface area contributed by atoms with E-state index in [-0.39, 0.29) is 5.92 Å². The lowest BCUT2D eigenvalue weighted by Gasteiger charge is -2.40. The van der Waals surface area contributed by atoms with Crippen molar-refractivity contribution in [3.05, 3.63) is 50.8 Å². The molecule has 0 saturated carbocycles. The fourth-order valence-corrected chi connectivity index (χ4v) is 4.73. The molecule has 4 rings (SSSR count). The Morgan fingerprint density at radius 3 is 2.81 bits per heavy atom. The van der Waals surface area contributed by atoms with Crippen LogP contribution in [-0.2, 0) is 6.54 Å². The van der Waals surface area contributed by atoms with Crippen molar-refractivity contribution in [3.63, 3.8) is 0 Å². The van der Waals surface area contributed by atoms with E-state index in [9.17, 15) is 0 Å². The summed E-state index contributed by atoms with van der Waals surface area (Å²) in [5.41, 5.74) is 10.2. The van der Waals surface area contributed by atoms with Crippen LogP contribution in [-0.4, -0.2) is 35.2 Å². The third-order valence-electron chi connectivity index (χ3n) is 6.00. The minimum atomic E-state index is 0.283. The van der Waals surface area contributed by atoms with Crippen molar-refractivity contribution in [2.24, 2.45) is 0 Å². The number of nitrogens with zero attached hydrogens (tertiary/aromatic N) is 2. The standard InChI is InChI=1S/C20H26Cl2N4O/c1-12-13(2)25-27-20(12)15-10-23-24-19(15)18-5-3-4-8-26(18)11-14-6-7-16(21)17(22)9-14/h6-7,9,15,18-19,23-24H,3-5,8,10-11H2,1-2H3. The molecule has 2 aliphatic heterocycles. The number of hydrogen-bond acceptors (Lipinski definition) is 5. The molecule has 0 aliphatic carbocycles. The van der Waals surface area contributed by atoms with Gasteiger partial charge in [0.25, 0.3) is 0 Å². The minimum Gasteiger partial charge on any atom is -0.360 e. The van der Waals surface area contributed by atoms with Crippen molar-refractivity contribution in [1.29, 1.82) is 0 Å². The Labute approximate surface area is 170 Å². The monoisotopic (exact) mass is 408 g/mol. The van der Waals surface area contributed by atoms with Crippen LogP contribution in [0.15, 0.2) is 22.7 Å². The second kappa shape index (κ2) is 8.10. The van der Waals surface area contributed by atoms with Crippen molar-refractivity contribution in [2.45, 2.75) is 57.7 Å². The first kappa shape index (κ1) is 19.2. The van der Waals surface area contributed by atoms with Crippen LogP contribution in [0.3, 0.4) is 0 Å². The van der Waals surface area contributed by atoms with Crippen molar-refractivity contribution in [3.8, 4) is 0 Å². The van der Waals surface area contributed by atoms with E-state index in [0.717, 1.165) is 31.1 Å². The maximum Gasteiger partial charge on any atom is 0.145 e. The Hall–Kier alpha value is -1.11. The van der Waals surface area contributed by atoms with Gasteiger partial charge in [-0.2, -0.15) is 0 Å². The Bertz CT molecular complexity index is 809. The lowest BCUT2D eigenvalue weighted by atomic mass is 9.85. The molecule has 5 nitrogen and oxygen atoms in total. The van der Waals surface area contributed by atoms with Gasteiger partial charge in [-0.15, -0.1) is 0 Å². The van der Waals surface area contributed by atoms with Crippen LogP contribution in [0.5, 0.6) is 0 Å². The van der Waals surface area contributed by atoms with Crippen molar-refractivity contribution >= 4 is 23.2 Å². The second-order valence-electron chi connectivity index (χ2n) is 7.70. The summed E-state index contributed by atoms with van der Waals surface area (Å²) in [6.45, 7) is 6.93. The lowest BCUT2D eigenvalue weighted by Crippen LogP contribution is -2.52. The quantitative estimate of drug-likeness (QED) is 0.792. The lowest BCUT2D eigenvalue weighted by molar-refractivity contribution is 0.103. The summed E-state index contributed by atoms with van der Waals surface area (Å²) in [6, 6.07) is 6.66. The van der Waals surface area contributed by atoms with Gasteiger partial charge in [0.15, 0.2) is 0 Å². The van der Waals surface area contributed by atoms with Crippen LogP contribution in [0, 0.1) is 13.8 Å². The normalized spacial score (nSPS) is 26.6. The topological polar surface area (TPSA) is 53.3 Å². The number of likely N-dealkylation sites (tertiary alicyclic amines) is 1. The summed E-state index contributed by atoms with van der Waals surface area (Å²) >= 11 is 12.3. The summed E-state index contributed by atoms with van der Waals surface area (Å²) in [4.78, 5) is 2.57. The summed E-state index contributed by atoms with van der Waals surface area (Å²) in [7, 11) is 0. The highest BCUT2D eigenvalue weighted by Gasteiger charge is 2.41. The smallest absolute Gasteiger partial charge is 0.145 e. The minimum absolute atomic E-state index is 0.283. The Morgan fingerprint density at radius 1 is 1.22 bits per heavy atom. The first-order valence-corrected chi connectivity index (χ1v) is 10.4. The van der Waals surface area contributed by atoms with Crippen molar-refractivity contribution in [2.75, 3.05) is 13.1 Å². The van der Waals surface area contributed by atoms with Crippen molar-refractivity contribution < 1.29 is 4.52 Å². The second-order valence-corrected chi connectivity index (χ2v) is 8.51. The number of piperidine rings is 1. The van der Waals surface area contributed by atoms with Gasteiger partial charge >= 0.3 is 0 Å². The van der Waals surface area contributed by atoms with Gasteiger partial charge in [-0.3, -0.25) is 15.8 Å². The van der Waals surface area contributed by atoms with E-state index in [1.807, 2.05) is 19.1 Å². The molecule has 2 N–H and O–H groups in total. The van der Waals surface area contributed by atoms with Gasteiger partial charge in [-0.1, -0.05) is 40.8 Å². The molecule has 2 aromatic rings. The molecule has 1 aromatic heterocycles. The third kappa shape index (κ3) is 3.89. The Morgan fingerprint density at radius 2 is 2.07 bits per heavy atom. The molecule has 3 heterocycles. The summed E-state index contributed by atoms with van der Waals surface area (Å²) in [6.07, 6.45) is 3.65. The maximum atomic E-state index is 6.23. The van der Waals surface area contributed by atoms with Gasteiger partial charge < -0.3 is 4.52 Å². The number of benzene rings is 1. The predicted molar refractivity (Wildman–Crippen MR) is 108 cm³/mol. The van der Waals surface area contributed by atoms with Gasteiger partial charge in [-0.05, 0) is 50.9 Å². The molecule has 0 bridgehead atoms. The fourth-order valence-electron chi connectivity index (χ4n) is 4.41. The SMILES string of the molecule is Cc1noc(C2CNNC2C2CCCCN2Cc2ccc(Cl)c(Cl)c2)c1C. The Kier molecular flexibility index (Phi) is 5.76. The molecule has 0 spiro atoms. The van der Waals surface area contributed by atoms with E-state index in [2.05, 4.69) is 33.9 Å².